The largest absolute Gasteiger partial charge is 0.311 e. The molecule has 0 saturated carbocycles. The van der Waals surface area contributed by atoms with Gasteiger partial charge in [-0.25, -0.2) is 24.9 Å². The van der Waals surface area contributed by atoms with E-state index in [1.807, 2.05) is 30.3 Å². The molecule has 0 saturated heterocycles. The highest BCUT2D eigenvalue weighted by Crippen LogP contribution is 2.46. The molecule has 5 heterocycles. The van der Waals surface area contributed by atoms with E-state index in [1.54, 1.807) is 0 Å². The van der Waals surface area contributed by atoms with E-state index in [9.17, 15) is 0 Å². The molecule has 2 aliphatic rings. The van der Waals surface area contributed by atoms with Crippen LogP contribution >= 0.6 is 0 Å². The number of hydrogen-bond donors (Lipinski definition) is 0. The lowest BCUT2D eigenvalue weighted by atomic mass is 9.33. The number of anilines is 6. The van der Waals surface area contributed by atoms with Gasteiger partial charge >= 0.3 is 0 Å². The molecule has 0 N–H and O–H groups in total. The number of aromatic nitrogens is 6. The van der Waals surface area contributed by atoms with Gasteiger partial charge in [0.25, 0.3) is 6.71 Å². The van der Waals surface area contributed by atoms with E-state index in [4.69, 9.17) is 24.9 Å². The Morgan fingerprint density at radius 3 is 1.14 bits per heavy atom. The van der Waals surface area contributed by atoms with Crippen LogP contribution in [0, 0.1) is 0 Å². The van der Waals surface area contributed by atoms with Crippen molar-refractivity contribution in [2.24, 2.45) is 0 Å². The van der Waals surface area contributed by atoms with Crippen LogP contribution in [0.3, 0.4) is 0 Å². The lowest BCUT2D eigenvalue weighted by molar-refractivity contribution is 1.06. The van der Waals surface area contributed by atoms with E-state index in [2.05, 4.69) is 342 Å². The lowest BCUT2D eigenvalue weighted by Crippen LogP contribution is -2.61. The van der Waals surface area contributed by atoms with E-state index in [-0.39, 0.29) is 6.71 Å². The molecule has 0 amide bonds. The first-order chi connectivity index (χ1) is 49.6. The first-order valence-electron chi connectivity index (χ1n) is 33.9. The maximum atomic E-state index is 5.63. The summed E-state index contributed by atoms with van der Waals surface area (Å²) in [6.07, 6.45) is 0. The Morgan fingerprint density at radius 1 is 0.220 bits per heavy atom. The molecular weight excluding hydrogens is 1220 g/mol. The normalized spacial score (nSPS) is 12.1. The van der Waals surface area contributed by atoms with Crippen molar-refractivity contribution in [1.82, 2.24) is 29.5 Å². The molecule has 17 aromatic rings. The monoisotopic (exact) mass is 1270 g/mol. The summed E-state index contributed by atoms with van der Waals surface area (Å²) in [5.74, 6) is 2.15. The average Bonchev–Trinajstić information content (AvgIpc) is 0.841. The van der Waals surface area contributed by atoms with Crippen LogP contribution in [0.4, 0.5) is 34.1 Å². The summed E-state index contributed by atoms with van der Waals surface area (Å²) < 4.78 is 2.38. The van der Waals surface area contributed by atoms with Gasteiger partial charge in [0.15, 0.2) is 23.3 Å². The van der Waals surface area contributed by atoms with Crippen molar-refractivity contribution in [3.05, 3.63) is 358 Å². The van der Waals surface area contributed by atoms with Crippen LogP contribution in [0.2, 0.25) is 0 Å². The van der Waals surface area contributed by atoms with Crippen LogP contribution in [0.25, 0.3) is 129 Å². The van der Waals surface area contributed by atoms with E-state index < -0.39 is 0 Å². The second-order valence-electron chi connectivity index (χ2n) is 25.5. The molecule has 14 aromatic carbocycles. The van der Waals surface area contributed by atoms with E-state index in [1.165, 1.54) is 33.5 Å². The summed E-state index contributed by atoms with van der Waals surface area (Å²) in [6.45, 7) is 0.0564. The predicted octanol–water partition coefficient (Wildman–Crippen LogP) is 20.8. The van der Waals surface area contributed by atoms with Crippen LogP contribution < -0.4 is 26.2 Å². The van der Waals surface area contributed by atoms with Crippen molar-refractivity contribution in [2.75, 3.05) is 9.80 Å². The smallest absolute Gasteiger partial charge is 0.252 e. The van der Waals surface area contributed by atoms with Gasteiger partial charge in [-0.1, -0.05) is 255 Å². The Hall–Kier alpha value is -13.4. The molecule has 0 radical (unpaired) electrons. The van der Waals surface area contributed by atoms with Gasteiger partial charge in [-0.05, 0) is 153 Å². The highest BCUT2D eigenvalue weighted by molar-refractivity contribution is 7.00. The predicted molar refractivity (Wildman–Crippen MR) is 413 cm³/mol. The lowest BCUT2D eigenvalue weighted by Gasteiger charge is -2.44. The zero-order valence-electron chi connectivity index (χ0n) is 54.2. The topological polar surface area (TPSA) is 75.9 Å². The Labute approximate surface area is 579 Å². The molecule has 0 bridgehead atoms. The SMILES string of the molecule is c1ccc(-c2ccc3c(c2)c2cc(-c4ccccc4)ccc2n3-c2ccc(-c3nc(-c4ccccc4)cc(-c4ccccc4)n3)cc2-c2nc(-c3ccccc3)nc(-c3cccc(-c4ccc(N5c6ccccc6B6c7ccccc7N(c7ccccc7)c7cccc5c76)cc4)c3)n2)cc1. The van der Waals surface area contributed by atoms with E-state index >= 15 is 0 Å². The zero-order valence-corrected chi connectivity index (χ0v) is 54.2. The molecule has 0 spiro atoms. The van der Waals surface area contributed by atoms with Crippen LogP contribution in [0.5, 0.6) is 0 Å². The van der Waals surface area contributed by atoms with E-state index in [0.717, 1.165) is 123 Å². The maximum absolute atomic E-state index is 5.63. The summed E-state index contributed by atoms with van der Waals surface area (Å²) >= 11 is 0. The number of benzene rings is 14. The number of hydrogen-bond acceptors (Lipinski definition) is 7. The molecule has 100 heavy (non-hydrogen) atoms. The Kier molecular flexibility index (Phi) is 14.1. The van der Waals surface area contributed by atoms with Gasteiger partial charge in [0.05, 0.1) is 28.1 Å². The van der Waals surface area contributed by atoms with Gasteiger partial charge in [0, 0.05) is 78.3 Å². The van der Waals surface area contributed by atoms with Crippen molar-refractivity contribution in [1.29, 1.82) is 0 Å². The van der Waals surface area contributed by atoms with Crippen molar-refractivity contribution in [3.8, 4) is 107 Å². The fraction of sp³-hybridized carbons (Fsp3) is 0. The van der Waals surface area contributed by atoms with Gasteiger partial charge in [-0.15, -0.1) is 0 Å². The number of fused-ring (bicyclic) bond motifs is 7. The van der Waals surface area contributed by atoms with Crippen molar-refractivity contribution in [2.45, 2.75) is 0 Å². The first-order valence-corrected chi connectivity index (χ1v) is 33.9. The molecule has 9 heteroatoms. The molecule has 8 nitrogen and oxygen atoms in total. The van der Waals surface area contributed by atoms with Gasteiger partial charge in [-0.2, -0.15) is 0 Å². The molecule has 0 unspecified atom stereocenters. The Bertz CT molecular complexity index is 5820. The van der Waals surface area contributed by atoms with Gasteiger partial charge in [-0.3, -0.25) is 0 Å². The number of nitrogens with zero attached hydrogens (tertiary/aromatic N) is 8. The van der Waals surface area contributed by atoms with Crippen LogP contribution in [0.15, 0.2) is 358 Å². The van der Waals surface area contributed by atoms with Crippen LogP contribution in [0.1, 0.15) is 0 Å². The zero-order chi connectivity index (χ0) is 66.0. The first kappa shape index (κ1) is 58.0. The third-order valence-corrected chi connectivity index (χ3v) is 19.7. The van der Waals surface area contributed by atoms with Gasteiger partial charge < -0.3 is 14.4 Å². The number of rotatable bonds is 12. The minimum Gasteiger partial charge on any atom is -0.311 e. The molecule has 0 atom stereocenters. The van der Waals surface area contributed by atoms with Gasteiger partial charge in [0.1, 0.15) is 0 Å². The van der Waals surface area contributed by atoms with Crippen molar-refractivity contribution in [3.63, 3.8) is 0 Å². The Balaban J connectivity index is 0.775. The fourth-order valence-electron chi connectivity index (χ4n) is 15.0. The van der Waals surface area contributed by atoms with Crippen molar-refractivity contribution < 1.29 is 0 Å². The van der Waals surface area contributed by atoms with Crippen molar-refractivity contribution >= 4 is 79.0 Å². The summed E-state index contributed by atoms with van der Waals surface area (Å²) in [4.78, 5) is 32.2. The summed E-state index contributed by atoms with van der Waals surface area (Å²) in [7, 11) is 0. The summed E-state index contributed by atoms with van der Waals surface area (Å²) in [6, 6.07) is 127. The van der Waals surface area contributed by atoms with Gasteiger partial charge in [0.2, 0.25) is 0 Å². The highest BCUT2D eigenvalue weighted by atomic mass is 15.2. The minimum atomic E-state index is 0.0564. The standard InChI is InChI=1S/C91H59BN8/c1-7-25-60(26-8-1)67-47-52-80-73(56-67)74-57-68(61-27-9-2-10-28-61)48-53-81(74)100(80)82-54-49-70(89-93-78(63-29-11-3-12-30-63)59-79(94-89)64-31-13-4-14-32-64)58-75(82)91-96-88(65-33-15-5-16-34-65)95-90(97-91)69-36-23-35-66(55-69)62-45-50-72(51-46-62)99-84-42-22-20-40-77(84)92-76-39-19-21-41-83(76)98(71-37-17-6-18-38-71)85-43-24-44-86(99)87(85)92/h1-59H. The maximum Gasteiger partial charge on any atom is 0.252 e. The second kappa shape index (κ2) is 24.4. The average molecular weight is 1280 g/mol. The molecule has 19 rings (SSSR count). The number of para-hydroxylation sites is 3. The third kappa shape index (κ3) is 10.1. The third-order valence-electron chi connectivity index (χ3n) is 19.7. The van der Waals surface area contributed by atoms with Crippen LogP contribution in [-0.4, -0.2) is 36.2 Å². The Morgan fingerprint density at radius 2 is 0.590 bits per heavy atom. The quantitative estimate of drug-likeness (QED) is 0.113. The molecule has 2 aliphatic heterocycles. The highest BCUT2D eigenvalue weighted by Gasteiger charge is 2.43. The van der Waals surface area contributed by atoms with E-state index in [0.29, 0.717) is 23.3 Å². The summed E-state index contributed by atoms with van der Waals surface area (Å²) in [5.41, 5.74) is 27.3. The molecule has 466 valence electrons. The second-order valence-corrected chi connectivity index (χ2v) is 25.5. The summed E-state index contributed by atoms with van der Waals surface area (Å²) in [5, 5.41) is 2.24. The molecular formula is C91H59BN8. The molecule has 0 aliphatic carbocycles. The molecule has 0 fully saturated rings. The fourth-order valence-corrected chi connectivity index (χ4v) is 15.0. The molecule has 3 aromatic heterocycles. The minimum absolute atomic E-state index is 0.0564. The van der Waals surface area contributed by atoms with Crippen LogP contribution in [-0.2, 0) is 0 Å².